The first-order valence-corrected chi connectivity index (χ1v) is 4.05. The summed E-state index contributed by atoms with van der Waals surface area (Å²) in [6.07, 6.45) is -0.125. The van der Waals surface area contributed by atoms with Crippen LogP contribution in [0.15, 0.2) is 18.2 Å². The zero-order chi connectivity index (χ0) is 10.1. The minimum absolute atomic E-state index is 0.0513. The number of rotatable bonds is 2. The summed E-state index contributed by atoms with van der Waals surface area (Å²) in [7, 11) is 0. The number of aromatic hydroxyl groups is 1. The SMILES string of the molecule is O=C(O)Cc1[nH]nc2c(O)cccc12. The molecule has 0 unspecified atom stereocenters. The Bertz CT molecular complexity index is 490. The minimum Gasteiger partial charge on any atom is -0.506 e. The Kier molecular flexibility index (Phi) is 1.85. The third-order valence-electron chi connectivity index (χ3n) is 1.97. The number of phenolic OH excluding ortho intramolecular Hbond substituents is 1. The topological polar surface area (TPSA) is 86.2 Å². The summed E-state index contributed by atoms with van der Waals surface area (Å²) in [5.74, 6) is -0.880. The van der Waals surface area contributed by atoms with Crippen LogP contribution in [0, 0.1) is 0 Å². The lowest BCUT2D eigenvalue weighted by molar-refractivity contribution is -0.136. The van der Waals surface area contributed by atoms with E-state index < -0.39 is 5.97 Å². The van der Waals surface area contributed by atoms with E-state index in [9.17, 15) is 9.90 Å². The van der Waals surface area contributed by atoms with Crippen molar-refractivity contribution in [3.63, 3.8) is 0 Å². The number of carboxylic acids is 1. The minimum atomic E-state index is -0.932. The maximum atomic E-state index is 10.5. The number of benzene rings is 1. The van der Waals surface area contributed by atoms with Crippen LogP contribution in [-0.2, 0) is 11.2 Å². The molecule has 0 saturated carbocycles. The molecule has 3 N–H and O–H groups in total. The summed E-state index contributed by atoms with van der Waals surface area (Å²) >= 11 is 0. The smallest absolute Gasteiger partial charge is 0.309 e. The fraction of sp³-hybridized carbons (Fsp3) is 0.111. The zero-order valence-electron chi connectivity index (χ0n) is 7.19. The lowest BCUT2D eigenvalue weighted by Gasteiger charge is -1.93. The van der Waals surface area contributed by atoms with Gasteiger partial charge in [-0.15, -0.1) is 0 Å². The van der Waals surface area contributed by atoms with Crippen LogP contribution in [-0.4, -0.2) is 26.4 Å². The summed E-state index contributed by atoms with van der Waals surface area (Å²) in [6.45, 7) is 0. The van der Waals surface area contributed by atoms with Gasteiger partial charge in [-0.2, -0.15) is 5.10 Å². The molecule has 2 rings (SSSR count). The number of para-hydroxylation sites is 1. The van der Waals surface area contributed by atoms with Crippen molar-refractivity contribution in [2.24, 2.45) is 0 Å². The van der Waals surface area contributed by atoms with Gasteiger partial charge in [-0.1, -0.05) is 12.1 Å². The molecule has 72 valence electrons. The molecule has 0 saturated heterocycles. The summed E-state index contributed by atoms with van der Waals surface area (Å²) in [5.41, 5.74) is 0.909. The van der Waals surface area contributed by atoms with E-state index in [4.69, 9.17) is 5.11 Å². The number of aromatic nitrogens is 2. The summed E-state index contributed by atoms with van der Waals surface area (Å²) in [6, 6.07) is 4.88. The van der Waals surface area contributed by atoms with E-state index in [2.05, 4.69) is 10.2 Å². The maximum Gasteiger partial charge on any atom is 0.309 e. The number of nitrogens with zero attached hydrogens (tertiary/aromatic N) is 1. The molecule has 0 aliphatic carbocycles. The van der Waals surface area contributed by atoms with E-state index in [-0.39, 0.29) is 12.2 Å². The number of H-pyrrole nitrogens is 1. The Morgan fingerprint density at radius 3 is 3.00 bits per heavy atom. The molecule has 0 fully saturated rings. The van der Waals surface area contributed by atoms with Crippen molar-refractivity contribution in [1.82, 2.24) is 10.2 Å². The van der Waals surface area contributed by atoms with Gasteiger partial charge < -0.3 is 10.2 Å². The van der Waals surface area contributed by atoms with Crippen LogP contribution in [0.5, 0.6) is 5.75 Å². The van der Waals surface area contributed by atoms with Crippen molar-refractivity contribution in [3.05, 3.63) is 23.9 Å². The Morgan fingerprint density at radius 1 is 1.50 bits per heavy atom. The van der Waals surface area contributed by atoms with Crippen LogP contribution < -0.4 is 0 Å². The first-order chi connectivity index (χ1) is 6.68. The van der Waals surface area contributed by atoms with Crippen molar-refractivity contribution < 1.29 is 15.0 Å². The average Bonchev–Trinajstić information content (AvgIpc) is 2.49. The number of hydrogen-bond donors (Lipinski definition) is 3. The number of hydrogen-bond acceptors (Lipinski definition) is 3. The van der Waals surface area contributed by atoms with Gasteiger partial charge in [0.15, 0.2) is 0 Å². The number of fused-ring (bicyclic) bond motifs is 1. The molecule has 0 bridgehead atoms. The Hall–Kier alpha value is -2.04. The molecular formula is C9H8N2O3. The molecule has 0 atom stereocenters. The lowest BCUT2D eigenvalue weighted by Crippen LogP contribution is -2.00. The van der Waals surface area contributed by atoms with Gasteiger partial charge in [-0.3, -0.25) is 9.89 Å². The molecule has 1 aromatic carbocycles. The molecule has 0 aliphatic rings. The van der Waals surface area contributed by atoms with Crippen LogP contribution in [0.25, 0.3) is 10.9 Å². The number of carbonyl (C=O) groups is 1. The number of phenols is 1. The van der Waals surface area contributed by atoms with E-state index in [0.717, 1.165) is 0 Å². The second kappa shape index (κ2) is 3.02. The van der Waals surface area contributed by atoms with Gasteiger partial charge in [0, 0.05) is 5.39 Å². The molecule has 0 aliphatic heterocycles. The van der Waals surface area contributed by atoms with Gasteiger partial charge in [0.2, 0.25) is 0 Å². The molecule has 0 spiro atoms. The summed E-state index contributed by atoms with van der Waals surface area (Å²) in [5, 5.41) is 25.1. The molecule has 14 heavy (non-hydrogen) atoms. The standard InChI is InChI=1S/C9H8N2O3/c12-7-3-1-2-5-6(4-8(13)14)10-11-9(5)7/h1-3,12H,4H2,(H,10,11)(H,13,14). The second-order valence-electron chi connectivity index (χ2n) is 2.95. The third kappa shape index (κ3) is 1.28. The first-order valence-electron chi connectivity index (χ1n) is 4.05. The highest BCUT2D eigenvalue weighted by Crippen LogP contribution is 2.24. The molecule has 0 amide bonds. The Balaban J connectivity index is 2.58. The number of aromatic amines is 1. The Morgan fingerprint density at radius 2 is 2.29 bits per heavy atom. The second-order valence-corrected chi connectivity index (χ2v) is 2.95. The first kappa shape index (κ1) is 8.55. The van der Waals surface area contributed by atoms with E-state index >= 15 is 0 Å². The van der Waals surface area contributed by atoms with Gasteiger partial charge in [0.05, 0.1) is 12.1 Å². The van der Waals surface area contributed by atoms with Crippen LogP contribution in [0.1, 0.15) is 5.69 Å². The fourth-order valence-corrected chi connectivity index (χ4v) is 1.36. The normalized spacial score (nSPS) is 10.6. The predicted octanol–water partition coefficient (Wildman–Crippen LogP) is 0.896. The largest absolute Gasteiger partial charge is 0.506 e. The van der Waals surface area contributed by atoms with Crippen molar-refractivity contribution in [2.45, 2.75) is 6.42 Å². The van der Waals surface area contributed by atoms with Crippen molar-refractivity contribution >= 4 is 16.9 Å². The molecular weight excluding hydrogens is 184 g/mol. The molecule has 5 heteroatoms. The van der Waals surface area contributed by atoms with Gasteiger partial charge in [0.1, 0.15) is 11.3 Å². The van der Waals surface area contributed by atoms with Crippen LogP contribution >= 0.6 is 0 Å². The van der Waals surface area contributed by atoms with Gasteiger partial charge >= 0.3 is 5.97 Å². The molecule has 1 heterocycles. The molecule has 0 radical (unpaired) electrons. The van der Waals surface area contributed by atoms with Gasteiger partial charge in [-0.05, 0) is 6.07 Å². The van der Waals surface area contributed by atoms with Crippen LogP contribution in [0.3, 0.4) is 0 Å². The summed E-state index contributed by atoms with van der Waals surface area (Å²) < 4.78 is 0. The number of aliphatic carboxylic acids is 1. The lowest BCUT2D eigenvalue weighted by atomic mass is 10.1. The number of carboxylic acid groups (broad SMARTS) is 1. The maximum absolute atomic E-state index is 10.5. The van der Waals surface area contributed by atoms with E-state index in [1.165, 1.54) is 6.07 Å². The summed E-state index contributed by atoms with van der Waals surface area (Å²) in [4.78, 5) is 10.5. The third-order valence-corrected chi connectivity index (χ3v) is 1.97. The van der Waals surface area contributed by atoms with Crippen molar-refractivity contribution in [3.8, 4) is 5.75 Å². The average molecular weight is 192 g/mol. The van der Waals surface area contributed by atoms with Gasteiger partial charge in [-0.25, -0.2) is 0 Å². The van der Waals surface area contributed by atoms with E-state index in [0.29, 0.717) is 16.6 Å². The highest BCUT2D eigenvalue weighted by molar-refractivity contribution is 5.88. The van der Waals surface area contributed by atoms with E-state index in [1.807, 2.05) is 0 Å². The van der Waals surface area contributed by atoms with Crippen molar-refractivity contribution in [2.75, 3.05) is 0 Å². The van der Waals surface area contributed by atoms with Crippen molar-refractivity contribution in [1.29, 1.82) is 0 Å². The highest BCUT2D eigenvalue weighted by Gasteiger charge is 2.10. The Labute approximate surface area is 79.0 Å². The zero-order valence-corrected chi connectivity index (χ0v) is 7.19. The predicted molar refractivity (Wildman–Crippen MR) is 49.1 cm³/mol. The van der Waals surface area contributed by atoms with Gasteiger partial charge in [0.25, 0.3) is 0 Å². The van der Waals surface area contributed by atoms with Crippen LogP contribution in [0.2, 0.25) is 0 Å². The number of nitrogens with one attached hydrogen (secondary N) is 1. The highest BCUT2D eigenvalue weighted by atomic mass is 16.4. The monoisotopic (exact) mass is 192 g/mol. The molecule has 1 aromatic heterocycles. The van der Waals surface area contributed by atoms with Crippen LogP contribution in [0.4, 0.5) is 0 Å². The van der Waals surface area contributed by atoms with E-state index in [1.54, 1.807) is 12.1 Å². The molecule has 5 nitrogen and oxygen atoms in total. The fourth-order valence-electron chi connectivity index (χ4n) is 1.36. The quantitative estimate of drug-likeness (QED) is 0.659. The molecule has 2 aromatic rings.